The number of aryl methyl sites for hydroxylation is 1. The molecule has 0 spiro atoms. The third kappa shape index (κ3) is 4.13. The smallest absolute Gasteiger partial charge is 0.205 e. The monoisotopic (exact) mass is 422 g/mol. The molecule has 0 saturated heterocycles. The lowest BCUT2D eigenvalue weighted by Crippen LogP contribution is -2.10. The Morgan fingerprint density at radius 2 is 1.93 bits per heavy atom. The molecule has 0 unspecified atom stereocenters. The molecule has 0 atom stereocenters. The summed E-state index contributed by atoms with van der Waals surface area (Å²) in [5.41, 5.74) is 4.67. The minimum atomic E-state index is -0.169. The number of H-pyrrole nitrogens is 1. The molecule has 0 aliphatic carbocycles. The Kier molecular flexibility index (Phi) is 6.21. The maximum Gasteiger partial charge on any atom is 0.205 e. The van der Waals surface area contributed by atoms with E-state index in [0.717, 1.165) is 47.3 Å². The Morgan fingerprint density at radius 3 is 2.63 bits per heavy atom. The van der Waals surface area contributed by atoms with Gasteiger partial charge in [-0.1, -0.05) is 67.4 Å². The number of tetrazole rings is 1. The molecule has 0 aliphatic heterocycles. The Bertz CT molecular complexity index is 1110. The Balaban J connectivity index is 1.78. The zero-order valence-corrected chi connectivity index (χ0v) is 17.5. The minimum Gasteiger partial charge on any atom is -0.390 e. The fraction of sp³-hybridized carbons (Fsp3) is 0.273. The largest absolute Gasteiger partial charge is 0.390 e. The van der Waals surface area contributed by atoms with Gasteiger partial charge in [-0.2, -0.15) is 5.21 Å². The number of unbranched alkanes of at least 4 members (excludes halogenated alkanes) is 1. The SMILES string of the molecule is CCCCc1nc(Cl)c(CO)n1Cc1ccc(-c2ccccc2)cc1-c1nn[nH]n1. The van der Waals surface area contributed by atoms with Gasteiger partial charge in [0.05, 0.1) is 12.3 Å². The van der Waals surface area contributed by atoms with Crippen molar-refractivity contribution in [2.45, 2.75) is 39.3 Å². The van der Waals surface area contributed by atoms with Crippen LogP contribution in [0, 0.1) is 0 Å². The van der Waals surface area contributed by atoms with E-state index in [0.29, 0.717) is 23.2 Å². The third-order valence-corrected chi connectivity index (χ3v) is 5.44. The van der Waals surface area contributed by atoms with Crippen LogP contribution in [0.3, 0.4) is 0 Å². The number of aromatic amines is 1. The molecule has 0 radical (unpaired) electrons. The molecular weight excluding hydrogens is 400 g/mol. The van der Waals surface area contributed by atoms with Crippen LogP contribution in [0.4, 0.5) is 0 Å². The first-order valence-electron chi connectivity index (χ1n) is 9.98. The van der Waals surface area contributed by atoms with E-state index in [9.17, 15) is 5.11 Å². The predicted molar refractivity (Wildman–Crippen MR) is 116 cm³/mol. The van der Waals surface area contributed by atoms with Gasteiger partial charge >= 0.3 is 0 Å². The first kappa shape index (κ1) is 20.3. The molecule has 7 nitrogen and oxygen atoms in total. The van der Waals surface area contributed by atoms with Gasteiger partial charge in [0.1, 0.15) is 5.82 Å². The molecule has 2 aromatic carbocycles. The van der Waals surface area contributed by atoms with Crippen molar-refractivity contribution in [1.29, 1.82) is 0 Å². The van der Waals surface area contributed by atoms with Crippen molar-refractivity contribution in [2.24, 2.45) is 0 Å². The Labute approximate surface area is 179 Å². The van der Waals surface area contributed by atoms with Crippen molar-refractivity contribution in [3.05, 3.63) is 70.8 Å². The summed E-state index contributed by atoms with van der Waals surface area (Å²) >= 11 is 6.31. The summed E-state index contributed by atoms with van der Waals surface area (Å²) in [5.74, 6) is 1.40. The van der Waals surface area contributed by atoms with Gasteiger partial charge in [0.15, 0.2) is 5.15 Å². The lowest BCUT2D eigenvalue weighted by atomic mass is 9.98. The van der Waals surface area contributed by atoms with E-state index >= 15 is 0 Å². The molecule has 4 rings (SSSR count). The van der Waals surface area contributed by atoms with Gasteiger partial charge in [-0.25, -0.2) is 4.98 Å². The second-order valence-corrected chi connectivity index (χ2v) is 7.44. The van der Waals surface area contributed by atoms with Gasteiger partial charge in [-0.3, -0.25) is 0 Å². The van der Waals surface area contributed by atoms with Gasteiger partial charge in [-0.05, 0) is 34.4 Å². The number of nitrogens with zero attached hydrogens (tertiary/aromatic N) is 5. The summed E-state index contributed by atoms with van der Waals surface area (Å²) in [6, 6.07) is 16.4. The Morgan fingerprint density at radius 1 is 1.10 bits per heavy atom. The number of benzene rings is 2. The molecule has 4 aromatic rings. The van der Waals surface area contributed by atoms with Crippen LogP contribution in [-0.2, 0) is 19.6 Å². The van der Waals surface area contributed by atoms with Crippen LogP contribution < -0.4 is 0 Å². The van der Waals surface area contributed by atoms with Crippen molar-refractivity contribution >= 4 is 11.6 Å². The highest BCUT2D eigenvalue weighted by atomic mass is 35.5. The van der Waals surface area contributed by atoms with Gasteiger partial charge < -0.3 is 9.67 Å². The second kappa shape index (κ2) is 9.19. The first-order valence-corrected chi connectivity index (χ1v) is 10.4. The number of rotatable bonds is 8. The summed E-state index contributed by atoms with van der Waals surface area (Å²) < 4.78 is 2.00. The highest BCUT2D eigenvalue weighted by Gasteiger charge is 2.18. The quantitative estimate of drug-likeness (QED) is 0.442. The van der Waals surface area contributed by atoms with E-state index in [4.69, 9.17) is 11.6 Å². The van der Waals surface area contributed by atoms with E-state index in [1.165, 1.54) is 0 Å². The lowest BCUT2D eigenvalue weighted by molar-refractivity contribution is 0.271. The van der Waals surface area contributed by atoms with Crippen molar-refractivity contribution in [3.63, 3.8) is 0 Å². The van der Waals surface area contributed by atoms with Crippen LogP contribution >= 0.6 is 11.6 Å². The molecule has 0 amide bonds. The number of hydrogen-bond acceptors (Lipinski definition) is 5. The highest BCUT2D eigenvalue weighted by molar-refractivity contribution is 6.30. The molecule has 2 N–H and O–H groups in total. The molecule has 0 bridgehead atoms. The molecule has 2 heterocycles. The van der Waals surface area contributed by atoms with E-state index in [1.54, 1.807) is 0 Å². The molecule has 0 saturated carbocycles. The molecule has 30 heavy (non-hydrogen) atoms. The number of aliphatic hydroxyl groups is 1. The van der Waals surface area contributed by atoms with Crippen molar-refractivity contribution in [2.75, 3.05) is 0 Å². The van der Waals surface area contributed by atoms with Crippen LogP contribution in [0.5, 0.6) is 0 Å². The van der Waals surface area contributed by atoms with Gasteiger partial charge in [-0.15, -0.1) is 10.2 Å². The first-order chi connectivity index (χ1) is 14.7. The average molecular weight is 423 g/mol. The standard InChI is InChI=1S/C22H23ClN6O/c1-2-3-9-20-24-21(23)19(14-30)29(20)13-17-11-10-16(15-7-5-4-6-8-15)12-18(17)22-25-27-28-26-22/h4-8,10-12,30H,2-3,9,13-14H2,1H3,(H,25,26,27,28). The van der Waals surface area contributed by atoms with Crippen LogP contribution in [0.1, 0.15) is 36.8 Å². The van der Waals surface area contributed by atoms with Crippen LogP contribution in [0.25, 0.3) is 22.5 Å². The second-order valence-electron chi connectivity index (χ2n) is 7.09. The molecule has 154 valence electrons. The number of nitrogens with one attached hydrogen (secondary N) is 1. The van der Waals surface area contributed by atoms with Gasteiger partial charge in [0.2, 0.25) is 5.82 Å². The molecular formula is C22H23ClN6O. The van der Waals surface area contributed by atoms with E-state index in [1.807, 2.05) is 22.8 Å². The van der Waals surface area contributed by atoms with Crippen molar-refractivity contribution < 1.29 is 5.11 Å². The van der Waals surface area contributed by atoms with Gasteiger partial charge in [0.25, 0.3) is 0 Å². The zero-order chi connectivity index (χ0) is 20.9. The van der Waals surface area contributed by atoms with Crippen molar-refractivity contribution in [1.82, 2.24) is 30.2 Å². The van der Waals surface area contributed by atoms with E-state index < -0.39 is 0 Å². The highest BCUT2D eigenvalue weighted by Crippen LogP contribution is 2.29. The number of hydrogen-bond donors (Lipinski definition) is 2. The normalized spacial score (nSPS) is 11.2. The predicted octanol–water partition coefficient (Wildman–Crippen LogP) is 4.27. The number of aliphatic hydroxyl groups excluding tert-OH is 1. The summed E-state index contributed by atoms with van der Waals surface area (Å²) in [5, 5.41) is 24.9. The molecule has 0 fully saturated rings. The number of aromatic nitrogens is 6. The number of halogens is 1. The topological polar surface area (TPSA) is 92.5 Å². The summed E-state index contributed by atoms with van der Waals surface area (Å²) in [6.45, 7) is 2.48. The van der Waals surface area contributed by atoms with Crippen LogP contribution in [0.2, 0.25) is 5.15 Å². The van der Waals surface area contributed by atoms with Crippen LogP contribution in [-0.4, -0.2) is 35.3 Å². The summed E-state index contributed by atoms with van der Waals surface area (Å²) in [6.07, 6.45) is 2.86. The summed E-state index contributed by atoms with van der Waals surface area (Å²) in [4.78, 5) is 4.49. The Hall–Kier alpha value is -3.03. The maximum absolute atomic E-state index is 9.88. The average Bonchev–Trinajstić information content (AvgIpc) is 3.41. The third-order valence-electron chi connectivity index (χ3n) is 5.14. The molecule has 2 aromatic heterocycles. The maximum atomic E-state index is 9.88. The minimum absolute atomic E-state index is 0.169. The molecule has 8 heteroatoms. The van der Waals surface area contributed by atoms with E-state index in [2.05, 4.69) is 62.9 Å². The van der Waals surface area contributed by atoms with Gasteiger partial charge in [0, 0.05) is 18.5 Å². The lowest BCUT2D eigenvalue weighted by Gasteiger charge is -2.14. The fourth-order valence-electron chi connectivity index (χ4n) is 3.55. The fourth-order valence-corrected chi connectivity index (χ4v) is 3.81. The number of imidazole rings is 1. The zero-order valence-electron chi connectivity index (χ0n) is 16.7. The van der Waals surface area contributed by atoms with E-state index in [-0.39, 0.29) is 6.61 Å². The van der Waals surface area contributed by atoms with Crippen molar-refractivity contribution in [3.8, 4) is 22.5 Å². The molecule has 0 aliphatic rings. The summed E-state index contributed by atoms with van der Waals surface area (Å²) in [7, 11) is 0. The van der Waals surface area contributed by atoms with Crippen LogP contribution in [0.15, 0.2) is 48.5 Å².